The van der Waals surface area contributed by atoms with Crippen LogP contribution in [-0.2, 0) is 11.3 Å². The fraction of sp³-hybridized carbons (Fsp3) is 0.789. The fourth-order valence-corrected chi connectivity index (χ4v) is 4.47. The molecule has 0 bridgehead atoms. The van der Waals surface area contributed by atoms with Gasteiger partial charge in [-0.25, -0.2) is 0 Å². The van der Waals surface area contributed by atoms with Crippen molar-refractivity contribution < 1.29 is 9.32 Å². The van der Waals surface area contributed by atoms with Gasteiger partial charge >= 0.3 is 0 Å². The van der Waals surface area contributed by atoms with Crippen molar-refractivity contribution in [3.05, 3.63) is 17.0 Å². The SMILES string of the molecule is Cc1noc(C)c1CN(C)C(=O)CC[C@@H]1CCCN2CCCC[C@H]12. The summed E-state index contributed by atoms with van der Waals surface area (Å²) in [6.45, 7) is 6.97. The minimum Gasteiger partial charge on any atom is -0.361 e. The van der Waals surface area contributed by atoms with E-state index in [0.29, 0.717) is 18.9 Å². The largest absolute Gasteiger partial charge is 0.361 e. The molecule has 0 N–H and O–H groups in total. The van der Waals surface area contributed by atoms with E-state index in [2.05, 4.69) is 10.1 Å². The summed E-state index contributed by atoms with van der Waals surface area (Å²) >= 11 is 0. The average molecular weight is 333 g/mol. The van der Waals surface area contributed by atoms with E-state index in [1.807, 2.05) is 25.8 Å². The standard InChI is InChI=1S/C19H31N3O2/c1-14-17(15(2)24-20-14)13-21(3)19(23)10-9-16-7-6-12-22-11-5-4-8-18(16)22/h16,18H,4-13H2,1-3H3/t16-,18+/m0/s1. The average Bonchev–Trinajstić information content (AvgIpc) is 2.91. The Hall–Kier alpha value is -1.36. The second-order valence-corrected chi connectivity index (χ2v) is 7.59. The first-order valence-electron chi connectivity index (χ1n) is 9.46. The molecule has 0 radical (unpaired) electrons. The van der Waals surface area contributed by atoms with E-state index in [1.165, 1.54) is 45.2 Å². The lowest BCUT2D eigenvalue weighted by atomic mass is 9.81. The Labute approximate surface area is 145 Å². The zero-order valence-electron chi connectivity index (χ0n) is 15.4. The Kier molecular flexibility index (Phi) is 5.59. The Morgan fingerprint density at radius 1 is 1.25 bits per heavy atom. The van der Waals surface area contributed by atoms with E-state index in [1.54, 1.807) is 0 Å². The number of piperidine rings is 2. The summed E-state index contributed by atoms with van der Waals surface area (Å²) in [5.74, 6) is 1.76. The number of hydrogen-bond donors (Lipinski definition) is 0. The maximum Gasteiger partial charge on any atom is 0.222 e. The van der Waals surface area contributed by atoms with Gasteiger partial charge in [0.25, 0.3) is 0 Å². The van der Waals surface area contributed by atoms with E-state index in [-0.39, 0.29) is 5.91 Å². The number of amides is 1. The molecule has 0 aliphatic carbocycles. The molecule has 2 aliphatic rings. The summed E-state index contributed by atoms with van der Waals surface area (Å²) < 4.78 is 5.20. The summed E-state index contributed by atoms with van der Waals surface area (Å²) in [4.78, 5) is 17.1. The molecule has 2 saturated heterocycles. The quantitative estimate of drug-likeness (QED) is 0.829. The molecule has 24 heavy (non-hydrogen) atoms. The molecule has 3 heterocycles. The summed E-state index contributed by atoms with van der Waals surface area (Å²) in [7, 11) is 1.89. The molecule has 1 amide bonds. The van der Waals surface area contributed by atoms with Crippen LogP contribution in [0.15, 0.2) is 4.52 Å². The van der Waals surface area contributed by atoms with Gasteiger partial charge in [-0.3, -0.25) is 4.79 Å². The molecule has 2 atom stereocenters. The van der Waals surface area contributed by atoms with Crippen LogP contribution in [0.1, 0.15) is 62.0 Å². The van der Waals surface area contributed by atoms with Crippen molar-refractivity contribution in [2.45, 2.75) is 71.4 Å². The Bertz CT molecular complexity index is 547. The van der Waals surface area contributed by atoms with Crippen LogP contribution < -0.4 is 0 Å². The third-order valence-electron chi connectivity index (χ3n) is 5.96. The fourth-order valence-electron chi connectivity index (χ4n) is 4.47. The first-order chi connectivity index (χ1) is 11.6. The summed E-state index contributed by atoms with van der Waals surface area (Å²) in [5.41, 5.74) is 1.93. The second kappa shape index (κ2) is 7.68. The molecule has 5 nitrogen and oxygen atoms in total. The highest BCUT2D eigenvalue weighted by Gasteiger charge is 2.33. The summed E-state index contributed by atoms with van der Waals surface area (Å²) in [6.07, 6.45) is 8.32. The van der Waals surface area contributed by atoms with Gasteiger partial charge in [-0.1, -0.05) is 11.6 Å². The first-order valence-corrected chi connectivity index (χ1v) is 9.46. The molecule has 2 aliphatic heterocycles. The van der Waals surface area contributed by atoms with Crippen LogP contribution in [0.3, 0.4) is 0 Å². The molecule has 134 valence electrons. The Morgan fingerprint density at radius 2 is 2.04 bits per heavy atom. The Morgan fingerprint density at radius 3 is 2.79 bits per heavy atom. The molecule has 5 heteroatoms. The minimum atomic E-state index is 0.239. The second-order valence-electron chi connectivity index (χ2n) is 7.59. The summed E-state index contributed by atoms with van der Waals surface area (Å²) in [6, 6.07) is 0.730. The van der Waals surface area contributed by atoms with Crippen molar-refractivity contribution in [1.82, 2.24) is 15.0 Å². The minimum absolute atomic E-state index is 0.239. The van der Waals surface area contributed by atoms with Crippen LogP contribution in [0.25, 0.3) is 0 Å². The van der Waals surface area contributed by atoms with Gasteiger partial charge in [-0.15, -0.1) is 0 Å². The lowest BCUT2D eigenvalue weighted by Crippen LogP contribution is -2.48. The molecule has 0 aromatic carbocycles. The maximum absolute atomic E-state index is 12.6. The molecule has 1 aromatic rings. The van der Waals surface area contributed by atoms with Crippen LogP contribution in [-0.4, -0.2) is 47.0 Å². The van der Waals surface area contributed by atoms with Crippen LogP contribution in [0.2, 0.25) is 0 Å². The number of carbonyl (C=O) groups is 1. The van der Waals surface area contributed by atoms with Gasteiger partial charge in [-0.05, 0) is 65.0 Å². The van der Waals surface area contributed by atoms with Crippen LogP contribution in [0, 0.1) is 19.8 Å². The van der Waals surface area contributed by atoms with Gasteiger partial charge in [-0.2, -0.15) is 0 Å². The molecule has 1 aromatic heterocycles. The number of nitrogens with zero attached hydrogens (tertiary/aromatic N) is 3. The molecular formula is C19H31N3O2. The van der Waals surface area contributed by atoms with Crippen molar-refractivity contribution in [2.75, 3.05) is 20.1 Å². The van der Waals surface area contributed by atoms with Crippen LogP contribution in [0.5, 0.6) is 0 Å². The monoisotopic (exact) mass is 333 g/mol. The number of aromatic nitrogens is 1. The van der Waals surface area contributed by atoms with Crippen molar-refractivity contribution >= 4 is 5.91 Å². The van der Waals surface area contributed by atoms with E-state index < -0.39 is 0 Å². The van der Waals surface area contributed by atoms with Gasteiger partial charge in [0.05, 0.1) is 12.2 Å². The molecule has 0 saturated carbocycles. The van der Waals surface area contributed by atoms with Crippen molar-refractivity contribution in [3.63, 3.8) is 0 Å². The predicted molar refractivity (Wildman–Crippen MR) is 93.6 cm³/mol. The number of hydrogen-bond acceptors (Lipinski definition) is 4. The lowest BCUT2D eigenvalue weighted by molar-refractivity contribution is -0.131. The zero-order valence-corrected chi connectivity index (χ0v) is 15.4. The third-order valence-corrected chi connectivity index (χ3v) is 5.96. The van der Waals surface area contributed by atoms with Gasteiger partial charge in [0, 0.05) is 25.1 Å². The maximum atomic E-state index is 12.6. The van der Waals surface area contributed by atoms with Crippen LogP contribution in [0.4, 0.5) is 0 Å². The third kappa shape index (κ3) is 3.82. The van der Waals surface area contributed by atoms with E-state index in [4.69, 9.17) is 4.52 Å². The molecular weight excluding hydrogens is 302 g/mol. The van der Waals surface area contributed by atoms with E-state index >= 15 is 0 Å². The Balaban J connectivity index is 1.51. The van der Waals surface area contributed by atoms with Gasteiger partial charge < -0.3 is 14.3 Å². The van der Waals surface area contributed by atoms with Gasteiger partial charge in [0.1, 0.15) is 5.76 Å². The molecule has 0 unspecified atom stereocenters. The summed E-state index contributed by atoms with van der Waals surface area (Å²) in [5, 5.41) is 3.97. The number of aryl methyl sites for hydroxylation is 2. The van der Waals surface area contributed by atoms with Crippen molar-refractivity contribution in [2.24, 2.45) is 5.92 Å². The highest BCUT2D eigenvalue weighted by Crippen LogP contribution is 2.33. The normalized spacial score (nSPS) is 24.6. The topological polar surface area (TPSA) is 49.6 Å². The lowest BCUT2D eigenvalue weighted by Gasteiger charge is -2.44. The molecule has 0 spiro atoms. The molecule has 2 fully saturated rings. The van der Waals surface area contributed by atoms with Crippen LogP contribution >= 0.6 is 0 Å². The molecule has 3 rings (SSSR count). The van der Waals surface area contributed by atoms with Gasteiger partial charge in [0.2, 0.25) is 5.91 Å². The first kappa shape index (κ1) is 17.5. The predicted octanol–water partition coefficient (Wildman–Crippen LogP) is 3.29. The number of carbonyl (C=O) groups excluding carboxylic acids is 1. The highest BCUT2D eigenvalue weighted by molar-refractivity contribution is 5.75. The smallest absolute Gasteiger partial charge is 0.222 e. The number of fused-ring (bicyclic) bond motifs is 1. The van der Waals surface area contributed by atoms with E-state index in [0.717, 1.165) is 29.5 Å². The highest BCUT2D eigenvalue weighted by atomic mass is 16.5. The van der Waals surface area contributed by atoms with Crippen molar-refractivity contribution in [3.8, 4) is 0 Å². The number of rotatable bonds is 5. The zero-order chi connectivity index (χ0) is 17.1. The van der Waals surface area contributed by atoms with Crippen molar-refractivity contribution in [1.29, 1.82) is 0 Å². The van der Waals surface area contributed by atoms with E-state index in [9.17, 15) is 4.79 Å². The van der Waals surface area contributed by atoms with Gasteiger partial charge in [0.15, 0.2) is 0 Å².